The monoisotopic (exact) mass is 947 g/mol. The van der Waals surface area contributed by atoms with Gasteiger partial charge >= 0.3 is 0 Å². The molecule has 0 saturated carbocycles. The summed E-state index contributed by atoms with van der Waals surface area (Å²) in [6.45, 7) is 4.54. The molecule has 0 atom stereocenters. The number of carbonyl (C=O) groups is 1. The van der Waals surface area contributed by atoms with E-state index in [0.29, 0.717) is 5.76 Å². The summed E-state index contributed by atoms with van der Waals surface area (Å²) >= 11 is 3.01. The van der Waals surface area contributed by atoms with E-state index in [1.807, 2.05) is 41.7 Å². The van der Waals surface area contributed by atoms with Crippen molar-refractivity contribution in [3.8, 4) is 43.7 Å². The summed E-state index contributed by atoms with van der Waals surface area (Å²) in [5.74, 6) is 2.48. The number of hydrogen-bond acceptors (Lipinski definition) is 9. The lowest BCUT2D eigenvalue weighted by Gasteiger charge is -2.35. The predicted molar refractivity (Wildman–Crippen MR) is 285 cm³/mol. The number of fused-ring (bicyclic) bond motifs is 4. The fourth-order valence-electron chi connectivity index (χ4n) is 10.2. The third-order valence-electron chi connectivity index (χ3n) is 13.8. The number of unbranched alkanes of at least 4 members (excludes halogenated alkanes) is 6. The molecule has 9 heteroatoms. The normalized spacial score (nSPS) is 12.5. The number of ether oxygens (including phenoxy) is 2. The summed E-state index contributed by atoms with van der Waals surface area (Å²) < 4.78 is 26.8. The highest BCUT2D eigenvalue weighted by Gasteiger charge is 2.48. The van der Waals surface area contributed by atoms with Gasteiger partial charge in [-0.3, -0.25) is 4.79 Å². The van der Waals surface area contributed by atoms with E-state index < -0.39 is 5.41 Å². The Kier molecular flexibility index (Phi) is 13.6. The first-order valence-electron chi connectivity index (χ1n) is 24.3. The largest absolute Gasteiger partial charge is 0.497 e. The highest BCUT2D eigenvalue weighted by atomic mass is 32.1. The minimum absolute atomic E-state index is 0.281. The minimum atomic E-state index is -0.666. The molecular formula is C60H57N3O4S2. The molecule has 0 N–H and O–H groups in total. The molecule has 0 bridgehead atoms. The second-order valence-corrected chi connectivity index (χ2v) is 19.6. The van der Waals surface area contributed by atoms with Gasteiger partial charge in [-0.2, -0.15) is 8.75 Å². The molecule has 0 fully saturated rings. The summed E-state index contributed by atoms with van der Waals surface area (Å²) in [4.78, 5) is 16.3. The minimum Gasteiger partial charge on any atom is -0.497 e. The number of aryl methyl sites for hydroxylation is 2. The molecule has 3 aromatic heterocycles. The first-order valence-corrected chi connectivity index (χ1v) is 25.9. The molecule has 0 amide bonds. The highest BCUT2D eigenvalue weighted by molar-refractivity contribution is 7.19. The Bertz CT molecular complexity index is 3080. The number of aldehydes is 1. The molecule has 1 aliphatic rings. The van der Waals surface area contributed by atoms with Gasteiger partial charge in [0.25, 0.3) is 0 Å². The van der Waals surface area contributed by atoms with E-state index in [1.54, 1.807) is 20.3 Å². The van der Waals surface area contributed by atoms with Crippen LogP contribution in [0.5, 0.6) is 11.5 Å². The van der Waals surface area contributed by atoms with E-state index in [-0.39, 0.29) is 5.76 Å². The zero-order chi connectivity index (χ0) is 47.3. The zero-order valence-corrected chi connectivity index (χ0v) is 41.4. The molecule has 0 unspecified atom stereocenters. The van der Waals surface area contributed by atoms with Crippen molar-refractivity contribution >= 4 is 57.4 Å². The van der Waals surface area contributed by atoms with Crippen molar-refractivity contribution in [2.75, 3.05) is 19.1 Å². The average molecular weight is 948 g/mol. The number of nitrogens with zero attached hydrogens (tertiary/aromatic N) is 3. The third-order valence-corrected chi connectivity index (χ3v) is 15.5. The second kappa shape index (κ2) is 20.4. The van der Waals surface area contributed by atoms with Crippen molar-refractivity contribution in [1.82, 2.24) is 8.75 Å². The van der Waals surface area contributed by atoms with E-state index in [1.165, 1.54) is 107 Å². The molecule has 0 radical (unpaired) electrons. The number of aromatic nitrogens is 2. The predicted octanol–water partition coefficient (Wildman–Crippen LogP) is 16.6. The summed E-state index contributed by atoms with van der Waals surface area (Å²) in [5.41, 5.74) is 14.7. The maximum Gasteiger partial charge on any atom is 0.185 e. The van der Waals surface area contributed by atoms with Crippen molar-refractivity contribution in [3.63, 3.8) is 0 Å². The molecule has 7 nitrogen and oxygen atoms in total. The van der Waals surface area contributed by atoms with Crippen LogP contribution in [0.25, 0.3) is 43.2 Å². The molecule has 1 aliphatic carbocycles. The second-order valence-electron chi connectivity index (χ2n) is 18.0. The summed E-state index contributed by atoms with van der Waals surface area (Å²) in [6, 6.07) is 52.8. The van der Waals surface area contributed by atoms with Crippen LogP contribution in [0.2, 0.25) is 0 Å². The molecule has 0 saturated heterocycles. The molecule has 0 spiro atoms. The van der Waals surface area contributed by atoms with Crippen LogP contribution in [0.1, 0.15) is 109 Å². The number of benzene rings is 6. The van der Waals surface area contributed by atoms with Gasteiger partial charge in [0.1, 0.15) is 28.3 Å². The van der Waals surface area contributed by atoms with Gasteiger partial charge in [-0.1, -0.05) is 113 Å². The van der Waals surface area contributed by atoms with Gasteiger partial charge in [-0.05, 0) is 150 Å². The maximum absolute atomic E-state index is 11.6. The average Bonchev–Trinajstić information content (AvgIpc) is 4.23. The summed E-state index contributed by atoms with van der Waals surface area (Å²) in [6.07, 6.45) is 12.7. The Hall–Kier alpha value is -6.81. The van der Waals surface area contributed by atoms with Gasteiger partial charge in [0.05, 0.1) is 31.4 Å². The molecule has 10 rings (SSSR count). The lowest BCUT2D eigenvalue weighted by molar-refractivity contribution is 0.110. The number of rotatable bonds is 20. The molecular weight excluding hydrogens is 891 g/mol. The molecule has 69 heavy (non-hydrogen) atoms. The van der Waals surface area contributed by atoms with E-state index in [9.17, 15) is 4.79 Å². The topological polar surface area (TPSA) is 77.7 Å². The van der Waals surface area contributed by atoms with Gasteiger partial charge in [0, 0.05) is 37.9 Å². The van der Waals surface area contributed by atoms with Crippen LogP contribution in [0.4, 0.5) is 17.1 Å². The molecule has 348 valence electrons. The van der Waals surface area contributed by atoms with Crippen LogP contribution >= 0.6 is 23.1 Å². The quantitative estimate of drug-likeness (QED) is 0.0556. The van der Waals surface area contributed by atoms with E-state index in [0.717, 1.165) is 74.7 Å². The van der Waals surface area contributed by atoms with Crippen LogP contribution in [0.15, 0.2) is 150 Å². The van der Waals surface area contributed by atoms with Crippen molar-refractivity contribution in [3.05, 3.63) is 185 Å². The summed E-state index contributed by atoms with van der Waals surface area (Å²) in [5, 5.41) is 0. The number of methoxy groups -OCH3 is 2. The van der Waals surface area contributed by atoms with Crippen LogP contribution in [-0.2, 0) is 18.3 Å². The van der Waals surface area contributed by atoms with Gasteiger partial charge in [0.2, 0.25) is 0 Å². The van der Waals surface area contributed by atoms with Gasteiger partial charge in [0.15, 0.2) is 12.0 Å². The lowest BCUT2D eigenvalue weighted by atomic mass is 9.67. The standard InChI is InChI=1S/C60H57N3O4S2/c1-5-7-9-11-13-40-15-19-42(20-16-40)60(43-21-17-41(18-22-43)14-12-10-8-6-2)53-37-46(63(44-23-28-47(65-3)29-24-44)45-25-30-48(66-4)31-26-45)27-33-50(53)59-54(60)38-56(68-59)52-35-34-51(57-58(52)62-69-61-57)55-36-32-49(39-64)67-55/h15-39H,5-14H2,1-4H3. The number of furan rings is 1. The smallest absolute Gasteiger partial charge is 0.185 e. The van der Waals surface area contributed by atoms with Crippen molar-refractivity contribution in [2.45, 2.75) is 83.5 Å². The van der Waals surface area contributed by atoms with Crippen molar-refractivity contribution in [1.29, 1.82) is 0 Å². The molecule has 3 heterocycles. The number of hydrogen-bond donors (Lipinski definition) is 0. The third kappa shape index (κ3) is 8.79. The first kappa shape index (κ1) is 45.9. The van der Waals surface area contributed by atoms with Gasteiger partial charge in [-0.15, -0.1) is 11.3 Å². The van der Waals surface area contributed by atoms with E-state index in [4.69, 9.17) is 22.6 Å². The zero-order valence-electron chi connectivity index (χ0n) is 39.8. The summed E-state index contributed by atoms with van der Waals surface area (Å²) in [7, 11) is 3.41. The van der Waals surface area contributed by atoms with Crippen LogP contribution in [-0.4, -0.2) is 29.3 Å². The first-order chi connectivity index (χ1) is 34.0. The SMILES string of the molecule is CCCCCCc1ccc(C2(c3ccc(CCCCCC)cc3)c3cc(N(c4ccc(OC)cc4)c4ccc(OC)cc4)ccc3-c3sc(-c4ccc(-c5ccc(C=O)o5)c5nsnc45)cc32)cc1. The molecule has 6 aromatic carbocycles. The Morgan fingerprint density at radius 1 is 0.565 bits per heavy atom. The Labute approximate surface area is 413 Å². The number of carbonyl (C=O) groups excluding carboxylic acids is 1. The fourth-order valence-corrected chi connectivity index (χ4v) is 12.1. The Morgan fingerprint density at radius 3 is 1.64 bits per heavy atom. The Balaban J connectivity index is 1.19. The van der Waals surface area contributed by atoms with Crippen molar-refractivity contribution < 1.29 is 18.7 Å². The van der Waals surface area contributed by atoms with Gasteiger partial charge < -0.3 is 18.8 Å². The molecule has 0 aliphatic heterocycles. The van der Waals surface area contributed by atoms with Crippen LogP contribution in [0.3, 0.4) is 0 Å². The fraction of sp³-hybridized carbons (Fsp3) is 0.250. The Morgan fingerprint density at radius 2 is 1.10 bits per heavy atom. The van der Waals surface area contributed by atoms with Crippen LogP contribution < -0.4 is 14.4 Å². The molecule has 9 aromatic rings. The van der Waals surface area contributed by atoms with E-state index >= 15 is 0 Å². The van der Waals surface area contributed by atoms with Crippen molar-refractivity contribution in [2.24, 2.45) is 0 Å². The number of anilines is 3. The number of thiophene rings is 1. The maximum atomic E-state index is 11.6. The van der Waals surface area contributed by atoms with Gasteiger partial charge in [-0.25, -0.2) is 0 Å². The highest BCUT2D eigenvalue weighted by Crippen LogP contribution is 2.61. The lowest BCUT2D eigenvalue weighted by Crippen LogP contribution is -2.28. The van der Waals surface area contributed by atoms with Crippen LogP contribution in [0, 0.1) is 0 Å². The van der Waals surface area contributed by atoms with E-state index in [2.05, 4.69) is 128 Å².